The molecule has 35 heavy (non-hydrogen) atoms. The van der Waals surface area contributed by atoms with E-state index >= 15 is 0 Å². The first-order valence-electron chi connectivity index (χ1n) is 12.0. The van der Waals surface area contributed by atoms with E-state index in [9.17, 15) is 9.90 Å². The fraction of sp³-hybridized carbons (Fsp3) is 0.440. The SMILES string of the molecule is Cc1cc(Nc2cc(N3CCN(C)CC3)nc(Sc3ccc(C(O)C4CCCC4=O)cc3)n2)n[nH]1. The average molecular weight is 494 g/mol. The Hall–Kier alpha value is -2.95. The minimum absolute atomic E-state index is 0.164. The van der Waals surface area contributed by atoms with Gasteiger partial charge in [0.25, 0.3) is 0 Å². The van der Waals surface area contributed by atoms with Crippen molar-refractivity contribution < 1.29 is 9.90 Å². The van der Waals surface area contributed by atoms with Crippen molar-refractivity contribution in [2.75, 3.05) is 43.4 Å². The van der Waals surface area contributed by atoms with E-state index in [4.69, 9.17) is 9.97 Å². The highest BCUT2D eigenvalue weighted by Crippen LogP contribution is 2.35. The number of nitrogens with zero attached hydrogens (tertiary/aromatic N) is 5. The van der Waals surface area contributed by atoms with Crippen LogP contribution >= 0.6 is 11.8 Å². The molecule has 10 heteroatoms. The lowest BCUT2D eigenvalue weighted by atomic mass is 9.94. The molecule has 3 aromatic rings. The van der Waals surface area contributed by atoms with Crippen LogP contribution in [0.1, 0.15) is 36.6 Å². The number of H-pyrrole nitrogens is 1. The molecule has 0 bridgehead atoms. The van der Waals surface area contributed by atoms with E-state index in [1.165, 1.54) is 11.8 Å². The van der Waals surface area contributed by atoms with Crippen molar-refractivity contribution in [1.82, 2.24) is 25.1 Å². The number of carbonyl (C=O) groups excluding carboxylic acids is 1. The second-order valence-corrected chi connectivity index (χ2v) is 10.4. The molecule has 0 spiro atoms. The molecular weight excluding hydrogens is 462 g/mol. The Morgan fingerprint density at radius 3 is 2.54 bits per heavy atom. The lowest BCUT2D eigenvalue weighted by Gasteiger charge is -2.33. The summed E-state index contributed by atoms with van der Waals surface area (Å²) in [5.41, 5.74) is 1.75. The molecule has 0 radical (unpaired) electrons. The lowest BCUT2D eigenvalue weighted by molar-refractivity contribution is -0.123. The van der Waals surface area contributed by atoms with E-state index in [0.29, 0.717) is 23.2 Å². The second kappa shape index (κ2) is 10.3. The Morgan fingerprint density at radius 2 is 1.89 bits per heavy atom. The molecule has 1 aliphatic carbocycles. The predicted molar refractivity (Wildman–Crippen MR) is 136 cm³/mol. The smallest absolute Gasteiger partial charge is 0.196 e. The molecule has 1 aliphatic heterocycles. The number of nitrogens with one attached hydrogen (secondary N) is 2. The van der Waals surface area contributed by atoms with Crippen LogP contribution in [0.2, 0.25) is 0 Å². The van der Waals surface area contributed by atoms with Gasteiger partial charge in [-0.2, -0.15) is 5.10 Å². The summed E-state index contributed by atoms with van der Waals surface area (Å²) in [6.45, 7) is 5.75. The molecule has 5 rings (SSSR count). The number of hydrogen-bond acceptors (Lipinski definition) is 9. The largest absolute Gasteiger partial charge is 0.388 e. The fourth-order valence-electron chi connectivity index (χ4n) is 4.58. The van der Waals surface area contributed by atoms with Crippen molar-refractivity contribution in [3.8, 4) is 0 Å². The molecule has 2 fully saturated rings. The summed E-state index contributed by atoms with van der Waals surface area (Å²) < 4.78 is 0. The van der Waals surface area contributed by atoms with Gasteiger partial charge < -0.3 is 20.2 Å². The van der Waals surface area contributed by atoms with Gasteiger partial charge in [0, 0.05) is 61.2 Å². The quantitative estimate of drug-likeness (QED) is 0.426. The monoisotopic (exact) mass is 493 g/mol. The van der Waals surface area contributed by atoms with Crippen molar-refractivity contribution in [2.45, 2.75) is 42.3 Å². The number of benzene rings is 1. The third-order valence-electron chi connectivity index (χ3n) is 6.65. The van der Waals surface area contributed by atoms with Gasteiger partial charge in [-0.05, 0) is 56.3 Å². The molecule has 2 aliphatic rings. The number of hydrogen-bond donors (Lipinski definition) is 3. The first-order chi connectivity index (χ1) is 16.9. The summed E-state index contributed by atoms with van der Waals surface area (Å²) in [4.78, 5) is 27.2. The van der Waals surface area contributed by atoms with Crippen molar-refractivity contribution in [2.24, 2.45) is 5.92 Å². The summed E-state index contributed by atoms with van der Waals surface area (Å²) in [6, 6.07) is 11.6. The number of likely N-dealkylation sites (N-methyl/N-ethyl adjacent to an activating group) is 1. The number of Topliss-reactive ketones (excluding diaryl/α,β-unsaturated/α-hetero) is 1. The Labute approximate surface area is 209 Å². The van der Waals surface area contributed by atoms with Crippen LogP contribution in [0, 0.1) is 12.8 Å². The van der Waals surface area contributed by atoms with E-state index in [-0.39, 0.29) is 11.7 Å². The summed E-state index contributed by atoms with van der Waals surface area (Å²) in [7, 11) is 2.13. The van der Waals surface area contributed by atoms with Gasteiger partial charge in [-0.1, -0.05) is 12.1 Å². The number of aryl methyl sites for hydroxylation is 1. The van der Waals surface area contributed by atoms with Crippen LogP contribution in [0.5, 0.6) is 0 Å². The van der Waals surface area contributed by atoms with Crippen LogP contribution in [0.3, 0.4) is 0 Å². The molecule has 2 unspecified atom stereocenters. The highest BCUT2D eigenvalue weighted by atomic mass is 32.2. The van der Waals surface area contributed by atoms with Crippen molar-refractivity contribution in [3.05, 3.63) is 47.7 Å². The van der Waals surface area contributed by atoms with Crippen molar-refractivity contribution >= 4 is 35.0 Å². The van der Waals surface area contributed by atoms with Crippen molar-refractivity contribution in [3.63, 3.8) is 0 Å². The Morgan fingerprint density at radius 1 is 1.11 bits per heavy atom. The highest BCUT2D eigenvalue weighted by molar-refractivity contribution is 7.99. The topological polar surface area (TPSA) is 110 Å². The van der Waals surface area contributed by atoms with Crippen LogP contribution in [-0.4, -0.2) is 69.2 Å². The molecule has 9 nitrogen and oxygen atoms in total. The third-order valence-corrected chi connectivity index (χ3v) is 7.52. The summed E-state index contributed by atoms with van der Waals surface area (Å²) in [5.74, 6) is 2.17. The Balaban J connectivity index is 1.36. The van der Waals surface area contributed by atoms with Gasteiger partial charge in [-0.25, -0.2) is 9.97 Å². The number of rotatable bonds is 7. The van der Waals surface area contributed by atoms with Crippen molar-refractivity contribution in [1.29, 1.82) is 0 Å². The maximum atomic E-state index is 12.0. The number of ketones is 1. The zero-order valence-electron chi connectivity index (χ0n) is 20.1. The number of aromatic nitrogens is 4. The van der Waals surface area contributed by atoms with E-state index in [2.05, 4.69) is 32.4 Å². The number of aliphatic hydroxyl groups is 1. The number of piperazine rings is 1. The zero-order chi connectivity index (χ0) is 24.4. The normalized spacial score (nSPS) is 19.8. The molecule has 2 aromatic heterocycles. The minimum atomic E-state index is -0.742. The molecule has 184 valence electrons. The first kappa shape index (κ1) is 23.8. The van der Waals surface area contributed by atoms with Gasteiger partial charge in [0.05, 0.1) is 6.10 Å². The molecule has 3 N–H and O–H groups in total. The predicted octanol–water partition coefficient (Wildman–Crippen LogP) is 3.56. The van der Waals surface area contributed by atoms with Gasteiger partial charge in [0.2, 0.25) is 0 Å². The summed E-state index contributed by atoms with van der Waals surface area (Å²) >= 11 is 1.47. The molecule has 2 atom stereocenters. The zero-order valence-corrected chi connectivity index (χ0v) is 20.9. The van der Waals surface area contributed by atoms with Crippen LogP contribution in [-0.2, 0) is 4.79 Å². The Bertz CT molecular complexity index is 1170. The molecule has 3 heterocycles. The van der Waals surface area contributed by atoms with Gasteiger partial charge in [-0.3, -0.25) is 9.89 Å². The number of aliphatic hydroxyl groups excluding tert-OH is 1. The number of carbonyl (C=O) groups is 1. The maximum Gasteiger partial charge on any atom is 0.196 e. The fourth-order valence-corrected chi connectivity index (χ4v) is 5.35. The standard InChI is InChI=1S/C25H31N7O2S/c1-16-14-22(30-29-16)26-21-15-23(32-12-10-31(2)11-13-32)28-25(27-21)35-18-8-6-17(7-9-18)24(34)19-4-3-5-20(19)33/h6-9,14-15,19,24,34H,3-5,10-13H2,1-2H3,(H2,26,27,28,29,30). The molecule has 1 saturated carbocycles. The first-order valence-corrected chi connectivity index (χ1v) is 12.9. The average Bonchev–Trinajstić information content (AvgIpc) is 3.47. The Kier molecular flexibility index (Phi) is 7.03. The molecular formula is C25H31N7O2S. The van der Waals surface area contributed by atoms with E-state index in [0.717, 1.165) is 61.0 Å². The van der Waals surface area contributed by atoms with E-state index in [1.807, 2.05) is 43.3 Å². The van der Waals surface area contributed by atoms with Crippen LogP contribution in [0.15, 0.2) is 46.5 Å². The third kappa shape index (κ3) is 5.66. The highest BCUT2D eigenvalue weighted by Gasteiger charge is 2.31. The second-order valence-electron chi connectivity index (χ2n) is 9.33. The van der Waals surface area contributed by atoms with Gasteiger partial charge in [-0.15, -0.1) is 0 Å². The summed E-state index contributed by atoms with van der Waals surface area (Å²) in [5, 5.41) is 21.8. The van der Waals surface area contributed by atoms with Crippen LogP contribution in [0.25, 0.3) is 0 Å². The lowest BCUT2D eigenvalue weighted by Crippen LogP contribution is -2.44. The van der Waals surface area contributed by atoms with Gasteiger partial charge >= 0.3 is 0 Å². The summed E-state index contributed by atoms with van der Waals surface area (Å²) in [6.07, 6.45) is 1.46. The van der Waals surface area contributed by atoms with Gasteiger partial charge in [0.1, 0.15) is 17.4 Å². The van der Waals surface area contributed by atoms with Crippen LogP contribution < -0.4 is 10.2 Å². The van der Waals surface area contributed by atoms with E-state index in [1.54, 1.807) is 0 Å². The number of anilines is 3. The van der Waals surface area contributed by atoms with Crippen LogP contribution in [0.4, 0.5) is 17.5 Å². The van der Waals surface area contributed by atoms with E-state index < -0.39 is 6.10 Å². The van der Waals surface area contributed by atoms with Gasteiger partial charge in [0.15, 0.2) is 11.0 Å². The molecule has 1 saturated heterocycles. The maximum absolute atomic E-state index is 12.0. The molecule has 0 amide bonds. The number of aromatic amines is 1. The minimum Gasteiger partial charge on any atom is -0.388 e. The molecule has 1 aromatic carbocycles.